The maximum Gasteiger partial charge on any atom is 0.335 e. The van der Waals surface area contributed by atoms with E-state index in [1.807, 2.05) is 41.9 Å². The van der Waals surface area contributed by atoms with Crippen molar-refractivity contribution in [3.8, 4) is 5.75 Å². The highest BCUT2D eigenvalue weighted by Gasteiger charge is 2.67. The zero-order chi connectivity index (χ0) is 32.6. The van der Waals surface area contributed by atoms with Crippen molar-refractivity contribution < 1.29 is 23.8 Å². The first kappa shape index (κ1) is 29.9. The number of amides is 1. The summed E-state index contributed by atoms with van der Waals surface area (Å²) in [4.78, 5) is 28.8. The lowest BCUT2D eigenvalue weighted by Gasteiger charge is -2.46. The van der Waals surface area contributed by atoms with Crippen molar-refractivity contribution in [1.82, 2.24) is 14.7 Å². The Bertz CT molecular complexity index is 2120. The molecule has 1 saturated heterocycles. The molecule has 0 radical (unpaired) electrons. The molecule has 1 aromatic heterocycles. The average Bonchev–Trinajstić information content (AvgIpc) is 3.66. The molecule has 0 aliphatic carbocycles. The second kappa shape index (κ2) is 11.1. The predicted octanol–water partition coefficient (Wildman–Crippen LogP) is 7.28. The monoisotopic (exact) mass is 670 g/mol. The Labute approximate surface area is 279 Å². The van der Waals surface area contributed by atoms with Gasteiger partial charge in [-0.05, 0) is 66.1 Å². The maximum atomic E-state index is 16.3. The molecule has 8 nitrogen and oxygen atoms in total. The van der Waals surface area contributed by atoms with Gasteiger partial charge in [-0.2, -0.15) is 5.10 Å². The number of hydrogen-bond acceptors (Lipinski definition) is 5. The zero-order valence-electron chi connectivity index (χ0n) is 25.2. The van der Waals surface area contributed by atoms with Crippen LogP contribution in [0.2, 0.25) is 10.0 Å². The smallest absolute Gasteiger partial charge is 0.335 e. The minimum Gasteiger partial charge on any atom is -0.494 e. The summed E-state index contributed by atoms with van der Waals surface area (Å²) in [7, 11) is 0. The minimum absolute atomic E-state index is 0.0320. The van der Waals surface area contributed by atoms with E-state index in [4.69, 9.17) is 33.0 Å². The van der Waals surface area contributed by atoms with Crippen molar-refractivity contribution in [2.75, 3.05) is 11.9 Å². The summed E-state index contributed by atoms with van der Waals surface area (Å²) in [6.07, 6.45) is 0.805. The molecular weight excluding hydrogens is 642 g/mol. The van der Waals surface area contributed by atoms with Crippen molar-refractivity contribution in [3.05, 3.63) is 123 Å². The standard InChI is InChI=1S/C36H29Cl2FN4O4/c1-2-47-23-6-3-5-19(13-23)18-42-30-16-29-24-12-10-20(34(44)45)14-28(24)41-43(29)33(30)31(25-7-4-8-26(38)32(25)39)36(42)17-21-9-11-22(37)15-27(21)40-35(36)46/h3-15,30-31,33H,2,16-18H2,1H3,(H,40,46)(H,44,45)/t30-,31-,33+,36+/m0/s1. The van der Waals surface area contributed by atoms with Crippen molar-refractivity contribution in [3.63, 3.8) is 0 Å². The number of carbonyl (C=O) groups excluding carboxylic acids is 1. The molecule has 1 fully saturated rings. The van der Waals surface area contributed by atoms with Gasteiger partial charge in [-0.3, -0.25) is 14.4 Å². The summed E-state index contributed by atoms with van der Waals surface area (Å²) in [5.74, 6) is -1.89. The van der Waals surface area contributed by atoms with Crippen LogP contribution in [0, 0.1) is 5.82 Å². The van der Waals surface area contributed by atoms with Crippen LogP contribution in [0.4, 0.5) is 10.1 Å². The number of anilines is 1. The number of aromatic nitrogens is 2. The third kappa shape index (κ3) is 4.55. The van der Waals surface area contributed by atoms with E-state index in [1.54, 1.807) is 42.5 Å². The molecule has 1 amide bonds. The third-order valence-corrected chi connectivity index (χ3v) is 10.5. The molecule has 0 unspecified atom stereocenters. The normalized spacial score (nSPS) is 23.1. The first-order chi connectivity index (χ1) is 22.7. The number of benzene rings is 4. The molecule has 3 aliphatic heterocycles. The number of nitrogens with one attached hydrogen (secondary N) is 1. The zero-order valence-corrected chi connectivity index (χ0v) is 26.7. The lowest BCUT2D eigenvalue weighted by atomic mass is 9.71. The lowest BCUT2D eigenvalue weighted by molar-refractivity contribution is -0.129. The Morgan fingerprint density at radius 2 is 1.94 bits per heavy atom. The Morgan fingerprint density at radius 1 is 1.11 bits per heavy atom. The second-order valence-corrected chi connectivity index (χ2v) is 13.2. The van der Waals surface area contributed by atoms with E-state index in [2.05, 4.69) is 10.2 Å². The molecular formula is C36H29Cl2FN4O4. The van der Waals surface area contributed by atoms with Crippen molar-refractivity contribution >= 4 is 51.7 Å². The molecule has 47 heavy (non-hydrogen) atoms. The van der Waals surface area contributed by atoms with Crippen LogP contribution in [0.25, 0.3) is 10.9 Å². The number of carboxylic acid groups (broad SMARTS) is 1. The van der Waals surface area contributed by atoms with Crippen LogP contribution < -0.4 is 10.1 Å². The summed E-state index contributed by atoms with van der Waals surface area (Å²) in [5, 5.41) is 19.0. The van der Waals surface area contributed by atoms with Gasteiger partial charge in [0.15, 0.2) is 0 Å². The molecule has 4 atom stereocenters. The summed E-state index contributed by atoms with van der Waals surface area (Å²) >= 11 is 12.8. The number of fused-ring (bicyclic) bond motifs is 6. The van der Waals surface area contributed by atoms with E-state index in [0.29, 0.717) is 47.8 Å². The molecule has 8 rings (SSSR count). The van der Waals surface area contributed by atoms with Gasteiger partial charge < -0.3 is 15.2 Å². The van der Waals surface area contributed by atoms with E-state index in [0.717, 1.165) is 28.0 Å². The number of likely N-dealkylation sites (tertiary alicyclic amines) is 1. The highest BCUT2D eigenvalue weighted by atomic mass is 35.5. The molecule has 4 aromatic carbocycles. The quantitative estimate of drug-likeness (QED) is 0.197. The first-order valence-electron chi connectivity index (χ1n) is 15.5. The molecule has 5 aromatic rings. The minimum atomic E-state index is -1.26. The Balaban J connectivity index is 1.37. The Kier molecular flexibility index (Phi) is 7.05. The number of ether oxygens (including phenoxy) is 1. The molecule has 238 valence electrons. The summed E-state index contributed by atoms with van der Waals surface area (Å²) < 4.78 is 24.0. The van der Waals surface area contributed by atoms with E-state index in [-0.39, 0.29) is 22.5 Å². The summed E-state index contributed by atoms with van der Waals surface area (Å²) in [5.41, 5.74) is 3.08. The van der Waals surface area contributed by atoms with Gasteiger partial charge in [0, 0.05) is 53.1 Å². The first-order valence-corrected chi connectivity index (χ1v) is 16.2. The molecule has 4 heterocycles. The number of hydrogen-bond donors (Lipinski definition) is 2. The average molecular weight is 672 g/mol. The van der Waals surface area contributed by atoms with Crippen LogP contribution in [0.1, 0.15) is 51.6 Å². The van der Waals surface area contributed by atoms with Crippen LogP contribution >= 0.6 is 23.2 Å². The number of rotatable bonds is 6. The highest BCUT2D eigenvalue weighted by molar-refractivity contribution is 6.31. The van der Waals surface area contributed by atoms with Crippen LogP contribution in [0.5, 0.6) is 5.75 Å². The fourth-order valence-corrected chi connectivity index (χ4v) is 8.45. The summed E-state index contributed by atoms with van der Waals surface area (Å²) in [6.45, 7) is 2.82. The van der Waals surface area contributed by atoms with Gasteiger partial charge in [-0.1, -0.05) is 59.6 Å². The maximum absolute atomic E-state index is 16.3. The fourth-order valence-electron chi connectivity index (χ4n) is 8.10. The molecule has 3 aliphatic rings. The van der Waals surface area contributed by atoms with E-state index in [9.17, 15) is 14.7 Å². The number of carbonyl (C=O) groups is 2. The van der Waals surface area contributed by atoms with Crippen molar-refractivity contribution in [1.29, 1.82) is 0 Å². The number of aromatic carboxylic acids is 1. The Morgan fingerprint density at radius 3 is 2.74 bits per heavy atom. The predicted molar refractivity (Wildman–Crippen MR) is 177 cm³/mol. The highest BCUT2D eigenvalue weighted by Crippen LogP contribution is 2.59. The Hall–Kier alpha value is -4.44. The van der Waals surface area contributed by atoms with Crippen LogP contribution in [-0.4, -0.2) is 49.9 Å². The van der Waals surface area contributed by atoms with Crippen molar-refractivity contribution in [2.24, 2.45) is 0 Å². The number of carboxylic acids is 1. The van der Waals surface area contributed by atoms with Gasteiger partial charge in [0.2, 0.25) is 5.91 Å². The molecule has 11 heteroatoms. The van der Waals surface area contributed by atoms with Crippen LogP contribution in [0.3, 0.4) is 0 Å². The molecule has 2 N–H and O–H groups in total. The summed E-state index contributed by atoms with van der Waals surface area (Å²) in [6, 6.07) is 22.3. The van der Waals surface area contributed by atoms with Gasteiger partial charge in [-0.25, -0.2) is 9.18 Å². The SMILES string of the molecule is CCOc1cccc(CN2[C@H]3Cc4c5ccc(C(=O)O)cc5nn4[C@H]3[C@H](c3cccc(Cl)c3F)[C@@]23Cc2ccc(Cl)cc2NC3=O)c1. The topological polar surface area (TPSA) is 96.7 Å². The van der Waals surface area contributed by atoms with Crippen molar-refractivity contribution in [2.45, 2.75) is 49.9 Å². The van der Waals surface area contributed by atoms with Gasteiger partial charge in [-0.15, -0.1) is 0 Å². The third-order valence-electron chi connectivity index (χ3n) is 9.95. The van der Waals surface area contributed by atoms with Crippen LogP contribution in [-0.2, 0) is 24.2 Å². The van der Waals surface area contributed by atoms with Crippen LogP contribution in [0.15, 0.2) is 78.9 Å². The second-order valence-electron chi connectivity index (χ2n) is 12.4. The van der Waals surface area contributed by atoms with Gasteiger partial charge in [0.1, 0.15) is 17.1 Å². The number of halogens is 3. The van der Waals surface area contributed by atoms with Gasteiger partial charge >= 0.3 is 5.97 Å². The van der Waals surface area contributed by atoms with E-state index in [1.165, 1.54) is 6.07 Å². The largest absolute Gasteiger partial charge is 0.494 e. The van der Waals surface area contributed by atoms with E-state index < -0.39 is 29.3 Å². The molecule has 1 spiro atoms. The van der Waals surface area contributed by atoms with Gasteiger partial charge in [0.05, 0.1) is 28.8 Å². The molecule has 0 saturated carbocycles. The number of nitrogens with zero attached hydrogens (tertiary/aromatic N) is 3. The lowest BCUT2D eigenvalue weighted by Crippen LogP contribution is -2.61. The van der Waals surface area contributed by atoms with Gasteiger partial charge in [0.25, 0.3) is 0 Å². The molecule has 0 bridgehead atoms. The van der Waals surface area contributed by atoms with E-state index >= 15 is 4.39 Å². The fraction of sp³-hybridized carbons (Fsp3) is 0.250.